The van der Waals surface area contributed by atoms with Crippen molar-refractivity contribution < 1.29 is 4.79 Å². The van der Waals surface area contributed by atoms with Crippen molar-refractivity contribution in [3.05, 3.63) is 53.6 Å². The molecule has 0 bridgehead atoms. The fourth-order valence-corrected chi connectivity index (χ4v) is 3.51. The number of fused-ring (bicyclic) bond motifs is 1. The number of rotatable bonds is 7. The van der Waals surface area contributed by atoms with Gasteiger partial charge in [-0.3, -0.25) is 4.79 Å². The summed E-state index contributed by atoms with van der Waals surface area (Å²) in [7, 11) is 0. The van der Waals surface area contributed by atoms with Gasteiger partial charge in [-0.2, -0.15) is 10.1 Å². The number of aromatic nitrogens is 4. The van der Waals surface area contributed by atoms with Crippen molar-refractivity contribution in [3.8, 4) is 0 Å². The van der Waals surface area contributed by atoms with Gasteiger partial charge in [0, 0.05) is 35.0 Å². The number of hydrogen-bond donors (Lipinski definition) is 1. The van der Waals surface area contributed by atoms with Crippen LogP contribution in [0.4, 0.5) is 0 Å². The first-order chi connectivity index (χ1) is 12.1. The van der Waals surface area contributed by atoms with E-state index < -0.39 is 0 Å². The van der Waals surface area contributed by atoms with Gasteiger partial charge in [-0.15, -0.1) is 11.8 Å². The third-order valence-corrected chi connectivity index (χ3v) is 5.04. The Labute approximate surface area is 151 Å². The number of aryl methyl sites for hydroxylation is 2. The molecule has 130 valence electrons. The molecule has 2 aromatic heterocycles. The lowest BCUT2D eigenvalue weighted by Gasteiger charge is -2.10. The van der Waals surface area contributed by atoms with Gasteiger partial charge in [0.25, 0.3) is 5.78 Å². The van der Waals surface area contributed by atoms with Crippen LogP contribution in [0, 0.1) is 13.8 Å². The highest BCUT2D eigenvalue weighted by atomic mass is 32.2. The Morgan fingerprint density at radius 2 is 2.04 bits per heavy atom. The molecule has 0 fully saturated rings. The second-order valence-corrected chi connectivity index (χ2v) is 6.91. The Morgan fingerprint density at radius 3 is 2.84 bits per heavy atom. The molecular formula is C18H21N5OS. The lowest BCUT2D eigenvalue weighted by molar-refractivity contribution is -0.120. The summed E-state index contributed by atoms with van der Waals surface area (Å²) in [6.45, 7) is 4.60. The summed E-state index contributed by atoms with van der Waals surface area (Å²) in [6, 6.07) is 10.2. The molecule has 3 rings (SSSR count). The van der Waals surface area contributed by atoms with Crippen molar-refractivity contribution in [2.45, 2.75) is 31.6 Å². The van der Waals surface area contributed by atoms with Gasteiger partial charge < -0.3 is 5.32 Å². The fraction of sp³-hybridized carbons (Fsp3) is 0.333. The molecule has 0 unspecified atom stereocenters. The highest BCUT2D eigenvalue weighted by Crippen LogP contribution is 2.16. The molecule has 0 radical (unpaired) electrons. The number of carbonyl (C=O) groups is 1. The van der Waals surface area contributed by atoms with E-state index in [-0.39, 0.29) is 5.91 Å². The van der Waals surface area contributed by atoms with Crippen LogP contribution < -0.4 is 5.32 Å². The SMILES string of the molecule is Cc1nc2ncnn2c(C)c1CCC(=O)NCCSc1ccccc1. The molecule has 0 saturated heterocycles. The van der Waals surface area contributed by atoms with Gasteiger partial charge in [-0.25, -0.2) is 9.50 Å². The molecule has 2 heterocycles. The summed E-state index contributed by atoms with van der Waals surface area (Å²) < 4.78 is 1.72. The van der Waals surface area contributed by atoms with Gasteiger partial charge in [-0.1, -0.05) is 18.2 Å². The molecule has 1 N–H and O–H groups in total. The van der Waals surface area contributed by atoms with E-state index in [4.69, 9.17) is 0 Å². The summed E-state index contributed by atoms with van der Waals surface area (Å²) in [4.78, 5) is 21.9. The quantitative estimate of drug-likeness (QED) is 0.521. The maximum Gasteiger partial charge on any atom is 0.252 e. The van der Waals surface area contributed by atoms with E-state index in [0.717, 1.165) is 22.7 Å². The van der Waals surface area contributed by atoms with Gasteiger partial charge in [-0.05, 0) is 38.0 Å². The van der Waals surface area contributed by atoms with E-state index in [9.17, 15) is 4.79 Å². The van der Waals surface area contributed by atoms with Crippen LogP contribution in [0.3, 0.4) is 0 Å². The van der Waals surface area contributed by atoms with Gasteiger partial charge in [0.1, 0.15) is 6.33 Å². The normalized spacial score (nSPS) is 11.0. The lowest BCUT2D eigenvalue weighted by atomic mass is 10.1. The largest absolute Gasteiger partial charge is 0.355 e. The number of amides is 1. The van der Waals surface area contributed by atoms with Crippen LogP contribution in [0.25, 0.3) is 5.78 Å². The average molecular weight is 355 g/mol. The summed E-state index contributed by atoms with van der Waals surface area (Å²) in [5, 5.41) is 7.16. The van der Waals surface area contributed by atoms with Crippen molar-refractivity contribution in [2.75, 3.05) is 12.3 Å². The van der Waals surface area contributed by atoms with Crippen molar-refractivity contribution in [1.82, 2.24) is 24.9 Å². The summed E-state index contributed by atoms with van der Waals surface area (Å²) in [5.41, 5.74) is 2.96. The third kappa shape index (κ3) is 4.36. The Morgan fingerprint density at radius 1 is 1.24 bits per heavy atom. The minimum atomic E-state index is 0.0612. The van der Waals surface area contributed by atoms with Crippen molar-refractivity contribution >= 4 is 23.4 Å². The molecule has 25 heavy (non-hydrogen) atoms. The van der Waals surface area contributed by atoms with Crippen LogP contribution in [-0.4, -0.2) is 37.8 Å². The maximum atomic E-state index is 12.1. The molecule has 1 aromatic carbocycles. The standard InChI is InChI=1S/C18H21N5OS/c1-13-16(14(2)23-18(22-13)20-12-21-23)8-9-17(24)19-10-11-25-15-6-4-3-5-7-15/h3-7,12H,8-11H2,1-2H3,(H,19,24). The zero-order valence-electron chi connectivity index (χ0n) is 14.4. The van der Waals surface area contributed by atoms with Crippen LogP contribution in [0.1, 0.15) is 23.4 Å². The van der Waals surface area contributed by atoms with Gasteiger partial charge >= 0.3 is 0 Å². The number of benzene rings is 1. The fourth-order valence-electron chi connectivity index (χ4n) is 2.72. The minimum Gasteiger partial charge on any atom is -0.355 e. The molecule has 0 aliphatic rings. The zero-order chi connectivity index (χ0) is 17.6. The smallest absolute Gasteiger partial charge is 0.252 e. The lowest BCUT2D eigenvalue weighted by Crippen LogP contribution is -2.26. The average Bonchev–Trinajstić information content (AvgIpc) is 3.08. The molecule has 0 spiro atoms. The predicted octanol–water partition coefficient (Wildman–Crippen LogP) is 2.58. The van der Waals surface area contributed by atoms with E-state index in [1.165, 1.54) is 11.2 Å². The first-order valence-electron chi connectivity index (χ1n) is 8.25. The van der Waals surface area contributed by atoms with Gasteiger partial charge in [0.05, 0.1) is 0 Å². The number of hydrogen-bond acceptors (Lipinski definition) is 5. The summed E-state index contributed by atoms with van der Waals surface area (Å²) >= 11 is 1.74. The Kier molecular flexibility index (Phi) is 5.65. The Hall–Kier alpha value is -2.41. The summed E-state index contributed by atoms with van der Waals surface area (Å²) in [5.74, 6) is 1.52. The topological polar surface area (TPSA) is 72.2 Å². The number of nitrogens with one attached hydrogen (secondary N) is 1. The highest BCUT2D eigenvalue weighted by Gasteiger charge is 2.12. The van der Waals surface area contributed by atoms with Crippen LogP contribution >= 0.6 is 11.8 Å². The minimum absolute atomic E-state index is 0.0612. The number of thioether (sulfide) groups is 1. The van der Waals surface area contributed by atoms with Crippen molar-refractivity contribution in [3.63, 3.8) is 0 Å². The summed E-state index contributed by atoms with van der Waals surface area (Å²) in [6.07, 6.45) is 2.59. The molecule has 0 aliphatic carbocycles. The Bertz CT molecular complexity index is 863. The molecule has 7 heteroatoms. The van der Waals surface area contributed by atoms with Crippen molar-refractivity contribution in [2.24, 2.45) is 0 Å². The molecule has 0 saturated carbocycles. The Balaban J connectivity index is 1.47. The van der Waals surface area contributed by atoms with E-state index in [1.807, 2.05) is 32.0 Å². The van der Waals surface area contributed by atoms with E-state index in [2.05, 4.69) is 32.5 Å². The van der Waals surface area contributed by atoms with E-state index in [0.29, 0.717) is 25.2 Å². The number of nitrogens with zero attached hydrogens (tertiary/aromatic N) is 4. The molecular weight excluding hydrogens is 334 g/mol. The molecule has 0 aliphatic heterocycles. The monoisotopic (exact) mass is 355 g/mol. The molecule has 1 amide bonds. The van der Waals surface area contributed by atoms with E-state index >= 15 is 0 Å². The van der Waals surface area contributed by atoms with E-state index in [1.54, 1.807) is 16.3 Å². The predicted molar refractivity (Wildman–Crippen MR) is 98.8 cm³/mol. The first kappa shape index (κ1) is 17.4. The first-order valence-corrected chi connectivity index (χ1v) is 9.24. The molecule has 0 atom stereocenters. The van der Waals surface area contributed by atoms with Crippen LogP contribution in [0.15, 0.2) is 41.6 Å². The van der Waals surface area contributed by atoms with Crippen molar-refractivity contribution in [1.29, 1.82) is 0 Å². The van der Waals surface area contributed by atoms with Crippen LogP contribution in [0.2, 0.25) is 0 Å². The second kappa shape index (κ2) is 8.11. The third-order valence-electron chi connectivity index (χ3n) is 4.03. The van der Waals surface area contributed by atoms with Gasteiger partial charge in [0.2, 0.25) is 5.91 Å². The zero-order valence-corrected chi connectivity index (χ0v) is 15.2. The maximum absolute atomic E-state index is 12.1. The molecule has 3 aromatic rings. The van der Waals surface area contributed by atoms with Crippen LogP contribution in [-0.2, 0) is 11.2 Å². The molecule has 6 nitrogen and oxygen atoms in total. The highest BCUT2D eigenvalue weighted by molar-refractivity contribution is 7.99. The second-order valence-electron chi connectivity index (χ2n) is 5.74. The van der Waals surface area contributed by atoms with Gasteiger partial charge in [0.15, 0.2) is 0 Å². The number of carbonyl (C=O) groups excluding carboxylic acids is 1. The van der Waals surface area contributed by atoms with Crippen LogP contribution in [0.5, 0.6) is 0 Å².